The van der Waals surface area contributed by atoms with Crippen LogP contribution in [-0.4, -0.2) is 18.7 Å². The summed E-state index contributed by atoms with van der Waals surface area (Å²) in [6, 6.07) is 0. The third kappa shape index (κ3) is 0.493. The monoisotopic (exact) mass is 98.0 g/mol. The van der Waals surface area contributed by atoms with Gasteiger partial charge in [-0.2, -0.15) is 0 Å². The van der Waals surface area contributed by atoms with E-state index in [-0.39, 0.29) is 11.8 Å². The molecule has 0 aromatic carbocycles. The van der Waals surface area contributed by atoms with Crippen molar-refractivity contribution < 1.29 is 4.79 Å². The molecule has 1 rings (SSSR count). The molecule has 0 radical (unpaired) electrons. The second-order valence-corrected chi connectivity index (χ2v) is 1.52. The molecule has 0 aromatic rings. The lowest BCUT2D eigenvalue weighted by molar-refractivity contribution is -0.128. The van der Waals surface area contributed by atoms with Crippen LogP contribution in [0.4, 0.5) is 0 Å². The molecule has 1 amide bonds. The van der Waals surface area contributed by atoms with Crippen LogP contribution in [0.1, 0.15) is 0 Å². The summed E-state index contributed by atoms with van der Waals surface area (Å²) in [7, 11) is 0. The fraction of sp³-hybridized carbons (Fsp3) is 0.500. The van der Waals surface area contributed by atoms with Crippen molar-refractivity contribution in [2.45, 2.75) is 0 Å². The average molecular weight is 98.1 g/mol. The summed E-state index contributed by atoms with van der Waals surface area (Å²) >= 11 is 0. The molecule has 1 aliphatic heterocycles. The van der Waals surface area contributed by atoms with Crippen LogP contribution in [-0.2, 0) is 4.79 Å². The molecule has 7 heavy (non-hydrogen) atoms. The van der Waals surface area contributed by atoms with Crippen molar-refractivity contribution in [1.82, 2.24) is 5.32 Å². The molecule has 1 aliphatic rings. The SMILES string of the molecule is N=CC1CNC1=O. The van der Waals surface area contributed by atoms with Gasteiger partial charge in [0, 0.05) is 12.8 Å². The van der Waals surface area contributed by atoms with E-state index >= 15 is 0 Å². The van der Waals surface area contributed by atoms with Crippen LogP contribution in [0, 0.1) is 11.3 Å². The molecule has 38 valence electrons. The molecule has 0 saturated carbocycles. The Kier molecular flexibility index (Phi) is 0.817. The van der Waals surface area contributed by atoms with Gasteiger partial charge in [0.15, 0.2) is 0 Å². The Morgan fingerprint density at radius 1 is 2.00 bits per heavy atom. The first-order valence-electron chi connectivity index (χ1n) is 2.13. The summed E-state index contributed by atoms with van der Waals surface area (Å²) in [5, 5.41) is 9.12. The molecule has 3 heteroatoms. The van der Waals surface area contributed by atoms with Crippen molar-refractivity contribution in [2.24, 2.45) is 5.92 Å². The quantitative estimate of drug-likeness (QED) is 0.333. The van der Waals surface area contributed by atoms with Gasteiger partial charge in [-0.25, -0.2) is 0 Å². The molecule has 1 atom stereocenters. The first-order valence-corrected chi connectivity index (χ1v) is 2.13. The minimum atomic E-state index is -0.125. The van der Waals surface area contributed by atoms with E-state index in [2.05, 4.69) is 5.32 Å². The number of hydrogen-bond donors (Lipinski definition) is 2. The highest BCUT2D eigenvalue weighted by atomic mass is 16.2. The summed E-state index contributed by atoms with van der Waals surface area (Å²) in [5.74, 6) is -0.144. The second-order valence-electron chi connectivity index (χ2n) is 1.52. The molecule has 3 nitrogen and oxygen atoms in total. The van der Waals surface area contributed by atoms with Gasteiger partial charge in [-0.15, -0.1) is 0 Å². The highest BCUT2D eigenvalue weighted by molar-refractivity contribution is 5.97. The van der Waals surface area contributed by atoms with Crippen molar-refractivity contribution in [1.29, 1.82) is 5.41 Å². The first-order chi connectivity index (χ1) is 3.34. The maximum absolute atomic E-state index is 10.2. The van der Waals surface area contributed by atoms with Gasteiger partial charge in [-0.1, -0.05) is 0 Å². The van der Waals surface area contributed by atoms with E-state index in [1.807, 2.05) is 0 Å². The Labute approximate surface area is 41.2 Å². The fourth-order valence-electron chi connectivity index (χ4n) is 0.438. The van der Waals surface area contributed by atoms with Crippen LogP contribution in [0.3, 0.4) is 0 Å². The normalized spacial score (nSPS) is 28.0. The van der Waals surface area contributed by atoms with Crippen molar-refractivity contribution in [2.75, 3.05) is 6.54 Å². The lowest BCUT2D eigenvalue weighted by Crippen LogP contribution is -2.49. The smallest absolute Gasteiger partial charge is 0.230 e. The Morgan fingerprint density at radius 2 is 2.71 bits per heavy atom. The predicted octanol–water partition coefficient (Wildman–Crippen LogP) is -0.618. The molecule has 1 heterocycles. The minimum absolute atomic E-state index is 0.0185. The van der Waals surface area contributed by atoms with E-state index in [1.165, 1.54) is 6.21 Å². The van der Waals surface area contributed by atoms with E-state index in [0.29, 0.717) is 6.54 Å². The number of hydrogen-bond acceptors (Lipinski definition) is 2. The number of nitrogens with one attached hydrogen (secondary N) is 2. The van der Waals surface area contributed by atoms with Gasteiger partial charge < -0.3 is 10.7 Å². The second kappa shape index (κ2) is 1.33. The largest absolute Gasteiger partial charge is 0.354 e. The van der Waals surface area contributed by atoms with Gasteiger partial charge in [-0.3, -0.25) is 4.79 Å². The van der Waals surface area contributed by atoms with Gasteiger partial charge in [0.1, 0.15) is 0 Å². The lowest BCUT2D eigenvalue weighted by Gasteiger charge is -2.20. The van der Waals surface area contributed by atoms with Gasteiger partial charge in [0.2, 0.25) is 5.91 Å². The van der Waals surface area contributed by atoms with Crippen LogP contribution >= 0.6 is 0 Å². The van der Waals surface area contributed by atoms with E-state index in [4.69, 9.17) is 5.41 Å². The van der Waals surface area contributed by atoms with E-state index in [1.54, 1.807) is 0 Å². The highest BCUT2D eigenvalue weighted by Crippen LogP contribution is 1.98. The van der Waals surface area contributed by atoms with Gasteiger partial charge >= 0.3 is 0 Å². The van der Waals surface area contributed by atoms with Gasteiger partial charge in [0.25, 0.3) is 0 Å². The molecule has 0 spiro atoms. The summed E-state index contributed by atoms with van der Waals surface area (Å²) < 4.78 is 0. The lowest BCUT2D eigenvalue weighted by atomic mass is 10.1. The molecular formula is C4H6N2O. The fourth-order valence-corrected chi connectivity index (χ4v) is 0.438. The van der Waals surface area contributed by atoms with Crippen LogP contribution in [0.2, 0.25) is 0 Å². The van der Waals surface area contributed by atoms with E-state index in [0.717, 1.165) is 0 Å². The zero-order chi connectivity index (χ0) is 5.28. The maximum Gasteiger partial charge on any atom is 0.230 e. The van der Waals surface area contributed by atoms with Gasteiger partial charge in [0.05, 0.1) is 5.92 Å². The molecule has 2 N–H and O–H groups in total. The van der Waals surface area contributed by atoms with Crippen LogP contribution in [0.25, 0.3) is 0 Å². The maximum atomic E-state index is 10.2. The summed E-state index contributed by atoms with van der Waals surface area (Å²) in [5.41, 5.74) is 0. The van der Waals surface area contributed by atoms with Crippen molar-refractivity contribution in [3.05, 3.63) is 0 Å². The van der Waals surface area contributed by atoms with Crippen LogP contribution in [0.5, 0.6) is 0 Å². The van der Waals surface area contributed by atoms with E-state index < -0.39 is 0 Å². The summed E-state index contributed by atoms with van der Waals surface area (Å²) in [4.78, 5) is 10.2. The number of β-lactam (4-membered cyclic amide) rings is 1. The van der Waals surface area contributed by atoms with Crippen LogP contribution in [0.15, 0.2) is 0 Å². The highest BCUT2D eigenvalue weighted by Gasteiger charge is 2.24. The third-order valence-electron chi connectivity index (χ3n) is 1.03. The Hall–Kier alpha value is -0.860. The van der Waals surface area contributed by atoms with Crippen molar-refractivity contribution in [3.8, 4) is 0 Å². The first kappa shape index (κ1) is 4.30. The number of amides is 1. The summed E-state index contributed by atoms with van der Waals surface area (Å²) in [6.45, 7) is 0.655. The molecular weight excluding hydrogens is 92.1 g/mol. The van der Waals surface area contributed by atoms with Crippen molar-refractivity contribution in [3.63, 3.8) is 0 Å². The zero-order valence-electron chi connectivity index (χ0n) is 3.77. The Bertz CT molecular complexity index is 110. The van der Waals surface area contributed by atoms with Gasteiger partial charge in [-0.05, 0) is 0 Å². The molecule has 1 unspecified atom stereocenters. The number of carbonyl (C=O) groups excluding carboxylic acids is 1. The minimum Gasteiger partial charge on any atom is -0.354 e. The topological polar surface area (TPSA) is 53.0 Å². The number of rotatable bonds is 1. The number of carbonyl (C=O) groups is 1. The molecule has 0 aromatic heterocycles. The molecule has 1 fully saturated rings. The zero-order valence-corrected chi connectivity index (χ0v) is 3.77. The molecule has 1 saturated heterocycles. The molecule has 0 bridgehead atoms. The van der Waals surface area contributed by atoms with Crippen LogP contribution < -0.4 is 5.32 Å². The van der Waals surface area contributed by atoms with E-state index in [9.17, 15) is 4.79 Å². The average Bonchev–Trinajstić information content (AvgIpc) is 1.65. The molecule has 0 aliphatic carbocycles. The standard InChI is InChI=1S/C4H6N2O/c5-1-3-2-6-4(3)7/h1,3,5H,2H2,(H,6,7). The Morgan fingerprint density at radius 3 is 2.71 bits per heavy atom. The third-order valence-corrected chi connectivity index (χ3v) is 1.03. The van der Waals surface area contributed by atoms with Crippen molar-refractivity contribution >= 4 is 12.1 Å². The predicted molar refractivity (Wildman–Crippen MR) is 25.3 cm³/mol. The Balaban J connectivity index is 2.43. The summed E-state index contributed by atoms with van der Waals surface area (Å²) in [6.07, 6.45) is 1.17.